The Bertz CT molecular complexity index is 867. The number of hydrogen-bond donors (Lipinski definition) is 1. The molecule has 1 aliphatic carbocycles. The minimum atomic E-state index is -0.293. The lowest BCUT2D eigenvalue weighted by Crippen LogP contribution is -2.24. The van der Waals surface area contributed by atoms with Gasteiger partial charge >= 0.3 is 0 Å². The summed E-state index contributed by atoms with van der Waals surface area (Å²) < 4.78 is 20.1. The summed E-state index contributed by atoms with van der Waals surface area (Å²) in [6.07, 6.45) is 4.26. The second kappa shape index (κ2) is 5.96. The van der Waals surface area contributed by atoms with Crippen molar-refractivity contribution in [3.63, 3.8) is 0 Å². The van der Waals surface area contributed by atoms with Crippen LogP contribution in [0.4, 0.5) is 4.39 Å². The van der Waals surface area contributed by atoms with Crippen LogP contribution < -0.4 is 5.32 Å². The van der Waals surface area contributed by atoms with E-state index in [2.05, 4.69) is 10.4 Å². The van der Waals surface area contributed by atoms with Crippen LogP contribution in [0.1, 0.15) is 33.9 Å². The zero-order valence-corrected chi connectivity index (χ0v) is 13.0. The van der Waals surface area contributed by atoms with Gasteiger partial charge in [-0.15, -0.1) is 0 Å². The van der Waals surface area contributed by atoms with Gasteiger partial charge in [-0.25, -0.2) is 9.07 Å². The minimum Gasteiger partial charge on any atom is -0.467 e. The maximum absolute atomic E-state index is 13.1. The molecule has 1 aromatic carbocycles. The van der Waals surface area contributed by atoms with E-state index in [-0.39, 0.29) is 11.7 Å². The van der Waals surface area contributed by atoms with Gasteiger partial charge in [0.1, 0.15) is 11.6 Å². The molecule has 2 aromatic heterocycles. The Hall–Kier alpha value is -2.89. The number of benzene rings is 1. The van der Waals surface area contributed by atoms with E-state index in [1.165, 1.54) is 12.1 Å². The van der Waals surface area contributed by atoms with Crippen LogP contribution in [0, 0.1) is 5.82 Å². The molecule has 122 valence electrons. The fraction of sp³-hybridized carbons (Fsp3) is 0.222. The van der Waals surface area contributed by atoms with Crippen molar-refractivity contribution in [3.8, 4) is 5.69 Å². The highest BCUT2D eigenvalue weighted by Crippen LogP contribution is 2.28. The molecular formula is C18H16FN3O2. The Morgan fingerprint density at radius 2 is 2.08 bits per heavy atom. The second-order valence-corrected chi connectivity index (χ2v) is 5.78. The number of aromatic nitrogens is 2. The van der Waals surface area contributed by atoms with E-state index in [1.54, 1.807) is 29.1 Å². The van der Waals surface area contributed by atoms with Gasteiger partial charge in [0.05, 0.1) is 18.5 Å². The van der Waals surface area contributed by atoms with Gasteiger partial charge in [0.15, 0.2) is 5.69 Å². The molecule has 0 bridgehead atoms. The Morgan fingerprint density at radius 3 is 2.83 bits per heavy atom. The van der Waals surface area contributed by atoms with Crippen molar-refractivity contribution in [3.05, 3.63) is 71.2 Å². The molecule has 0 aliphatic heterocycles. The van der Waals surface area contributed by atoms with Crippen LogP contribution in [0.2, 0.25) is 0 Å². The predicted octanol–water partition coefficient (Wildman–Crippen LogP) is 3.02. The highest BCUT2D eigenvalue weighted by molar-refractivity contribution is 5.94. The van der Waals surface area contributed by atoms with Crippen LogP contribution >= 0.6 is 0 Å². The molecule has 5 nitrogen and oxygen atoms in total. The fourth-order valence-corrected chi connectivity index (χ4v) is 3.08. The normalized spacial score (nSPS) is 13.0. The molecule has 0 spiro atoms. The number of nitrogens with one attached hydrogen (secondary N) is 1. The van der Waals surface area contributed by atoms with Gasteiger partial charge in [-0.1, -0.05) is 0 Å². The molecule has 6 heteroatoms. The molecule has 0 saturated carbocycles. The predicted molar refractivity (Wildman–Crippen MR) is 85.4 cm³/mol. The van der Waals surface area contributed by atoms with Crippen molar-refractivity contribution in [2.45, 2.75) is 25.8 Å². The maximum atomic E-state index is 13.1. The Kier molecular flexibility index (Phi) is 3.65. The van der Waals surface area contributed by atoms with E-state index in [1.807, 2.05) is 6.07 Å². The number of hydrogen-bond acceptors (Lipinski definition) is 3. The maximum Gasteiger partial charge on any atom is 0.272 e. The minimum absolute atomic E-state index is 0.217. The van der Waals surface area contributed by atoms with E-state index in [4.69, 9.17) is 4.42 Å². The first-order chi connectivity index (χ1) is 11.7. The topological polar surface area (TPSA) is 60.1 Å². The third-order valence-electron chi connectivity index (χ3n) is 4.22. The zero-order chi connectivity index (χ0) is 16.5. The SMILES string of the molecule is O=C(NCc1ccco1)c1nn(-c2ccc(F)cc2)c2c1CCC2. The molecule has 2 heterocycles. The van der Waals surface area contributed by atoms with E-state index in [0.29, 0.717) is 18.0 Å². The summed E-state index contributed by atoms with van der Waals surface area (Å²) in [5.41, 5.74) is 3.22. The Labute approximate surface area is 138 Å². The summed E-state index contributed by atoms with van der Waals surface area (Å²) in [7, 11) is 0. The average molecular weight is 325 g/mol. The molecule has 3 aromatic rings. The smallest absolute Gasteiger partial charge is 0.272 e. The van der Waals surface area contributed by atoms with E-state index in [0.717, 1.165) is 36.2 Å². The molecular weight excluding hydrogens is 309 g/mol. The molecule has 0 fully saturated rings. The number of nitrogens with zero attached hydrogens (tertiary/aromatic N) is 2. The zero-order valence-electron chi connectivity index (χ0n) is 13.0. The van der Waals surface area contributed by atoms with Crippen LogP contribution in [-0.4, -0.2) is 15.7 Å². The molecule has 0 unspecified atom stereocenters. The van der Waals surface area contributed by atoms with Gasteiger partial charge in [-0.2, -0.15) is 5.10 Å². The van der Waals surface area contributed by atoms with E-state index >= 15 is 0 Å². The number of halogens is 1. The lowest BCUT2D eigenvalue weighted by atomic mass is 10.2. The van der Waals surface area contributed by atoms with Gasteiger partial charge in [-0.3, -0.25) is 4.79 Å². The number of carbonyl (C=O) groups is 1. The van der Waals surface area contributed by atoms with Gasteiger partial charge in [0, 0.05) is 11.3 Å². The van der Waals surface area contributed by atoms with Crippen LogP contribution in [-0.2, 0) is 19.4 Å². The molecule has 0 atom stereocenters. The van der Waals surface area contributed by atoms with Crippen LogP contribution in [0.3, 0.4) is 0 Å². The largest absolute Gasteiger partial charge is 0.467 e. The van der Waals surface area contributed by atoms with Crippen molar-refractivity contribution >= 4 is 5.91 Å². The summed E-state index contributed by atoms with van der Waals surface area (Å²) in [6.45, 7) is 0.323. The molecule has 4 rings (SSSR count). The number of amides is 1. The van der Waals surface area contributed by atoms with E-state index in [9.17, 15) is 9.18 Å². The van der Waals surface area contributed by atoms with Gasteiger partial charge in [-0.05, 0) is 55.7 Å². The number of rotatable bonds is 4. The lowest BCUT2D eigenvalue weighted by molar-refractivity contribution is 0.0941. The standard InChI is InChI=1S/C18H16FN3O2/c19-12-6-8-13(9-7-12)22-16-5-1-4-15(16)17(21-22)18(23)20-11-14-3-2-10-24-14/h2-3,6-10H,1,4-5,11H2,(H,20,23). The molecule has 1 amide bonds. The third-order valence-corrected chi connectivity index (χ3v) is 4.22. The second-order valence-electron chi connectivity index (χ2n) is 5.78. The van der Waals surface area contributed by atoms with Crippen molar-refractivity contribution in [2.24, 2.45) is 0 Å². The van der Waals surface area contributed by atoms with E-state index < -0.39 is 0 Å². The van der Waals surface area contributed by atoms with Crippen LogP contribution in [0.5, 0.6) is 0 Å². The molecule has 0 saturated heterocycles. The third kappa shape index (κ3) is 2.60. The molecule has 1 N–H and O–H groups in total. The highest BCUT2D eigenvalue weighted by atomic mass is 19.1. The monoisotopic (exact) mass is 325 g/mol. The lowest BCUT2D eigenvalue weighted by Gasteiger charge is -2.05. The first-order valence-electron chi connectivity index (χ1n) is 7.89. The highest BCUT2D eigenvalue weighted by Gasteiger charge is 2.26. The van der Waals surface area contributed by atoms with Crippen LogP contribution in [0.15, 0.2) is 47.1 Å². The van der Waals surface area contributed by atoms with Crippen molar-refractivity contribution < 1.29 is 13.6 Å². The Balaban J connectivity index is 1.63. The molecule has 0 radical (unpaired) electrons. The summed E-state index contributed by atoms with van der Waals surface area (Å²) in [5, 5.41) is 7.32. The molecule has 24 heavy (non-hydrogen) atoms. The van der Waals surface area contributed by atoms with Gasteiger partial charge in [0.25, 0.3) is 5.91 Å². The van der Waals surface area contributed by atoms with Crippen LogP contribution in [0.25, 0.3) is 5.69 Å². The summed E-state index contributed by atoms with van der Waals surface area (Å²) in [5.74, 6) is 0.183. The summed E-state index contributed by atoms with van der Waals surface area (Å²) in [6, 6.07) is 9.73. The summed E-state index contributed by atoms with van der Waals surface area (Å²) in [4.78, 5) is 12.5. The average Bonchev–Trinajstić information content (AvgIpc) is 3.31. The molecule has 1 aliphatic rings. The van der Waals surface area contributed by atoms with Crippen molar-refractivity contribution in [1.29, 1.82) is 0 Å². The summed E-state index contributed by atoms with van der Waals surface area (Å²) >= 11 is 0. The first-order valence-corrected chi connectivity index (χ1v) is 7.89. The number of fused-ring (bicyclic) bond motifs is 1. The fourth-order valence-electron chi connectivity index (χ4n) is 3.08. The van der Waals surface area contributed by atoms with Crippen molar-refractivity contribution in [2.75, 3.05) is 0 Å². The number of carbonyl (C=O) groups excluding carboxylic acids is 1. The van der Waals surface area contributed by atoms with Gasteiger partial charge in [0.2, 0.25) is 0 Å². The first kappa shape index (κ1) is 14.7. The quantitative estimate of drug-likeness (QED) is 0.802. The Morgan fingerprint density at radius 1 is 1.25 bits per heavy atom. The number of furan rings is 1. The van der Waals surface area contributed by atoms with Gasteiger partial charge < -0.3 is 9.73 Å². The van der Waals surface area contributed by atoms with Crippen molar-refractivity contribution in [1.82, 2.24) is 15.1 Å².